The van der Waals surface area contributed by atoms with Crippen LogP contribution in [0.3, 0.4) is 0 Å². The first-order valence-electron chi connectivity index (χ1n) is 12.1. The fraction of sp³-hybridized carbons (Fsp3) is 0.233. The van der Waals surface area contributed by atoms with E-state index in [2.05, 4.69) is 13.5 Å². The van der Waals surface area contributed by atoms with E-state index in [4.69, 9.17) is 19.3 Å². The van der Waals surface area contributed by atoms with Crippen LogP contribution in [0.15, 0.2) is 73.3 Å². The molecule has 1 aliphatic rings. The van der Waals surface area contributed by atoms with E-state index in [1.54, 1.807) is 36.4 Å². The highest BCUT2D eigenvalue weighted by Gasteiger charge is 2.27. The van der Waals surface area contributed by atoms with Crippen LogP contribution >= 0.6 is 0 Å². The van der Waals surface area contributed by atoms with Crippen molar-refractivity contribution in [2.75, 3.05) is 6.61 Å². The summed E-state index contributed by atoms with van der Waals surface area (Å²) in [6.45, 7) is 5.96. The maximum Gasteiger partial charge on any atom is 0.343 e. The highest BCUT2D eigenvalue weighted by Crippen LogP contribution is 2.47. The van der Waals surface area contributed by atoms with Crippen molar-refractivity contribution in [2.24, 2.45) is 0 Å². The minimum absolute atomic E-state index is 0.0339. The number of fused-ring (bicyclic) bond motifs is 3. The van der Waals surface area contributed by atoms with Gasteiger partial charge in [0.05, 0.1) is 12.2 Å². The molecule has 190 valence electrons. The van der Waals surface area contributed by atoms with E-state index in [1.165, 1.54) is 0 Å². The van der Waals surface area contributed by atoms with Crippen molar-refractivity contribution in [1.82, 2.24) is 0 Å². The van der Waals surface area contributed by atoms with E-state index in [0.29, 0.717) is 35.8 Å². The summed E-state index contributed by atoms with van der Waals surface area (Å²) in [6, 6.07) is 17.8. The first-order chi connectivity index (χ1) is 17.9. The van der Waals surface area contributed by atoms with Crippen LogP contribution in [0, 0.1) is 0 Å². The lowest BCUT2D eigenvalue weighted by Crippen LogP contribution is -2.09. The van der Waals surface area contributed by atoms with Crippen molar-refractivity contribution < 1.29 is 33.7 Å². The number of esters is 2. The van der Waals surface area contributed by atoms with E-state index < -0.39 is 17.9 Å². The molecule has 4 rings (SSSR count). The number of carboxylic acid groups (broad SMARTS) is 1. The van der Waals surface area contributed by atoms with Crippen LogP contribution in [0.1, 0.15) is 60.0 Å². The van der Waals surface area contributed by atoms with Crippen LogP contribution in [0.5, 0.6) is 17.2 Å². The fourth-order valence-electron chi connectivity index (χ4n) is 4.34. The van der Waals surface area contributed by atoms with Crippen LogP contribution in [-0.4, -0.2) is 29.6 Å². The molecule has 1 N–H and O–H groups in total. The molecule has 3 aromatic carbocycles. The summed E-state index contributed by atoms with van der Waals surface area (Å²) in [5.74, 6) is -0.190. The first-order valence-corrected chi connectivity index (χ1v) is 12.1. The van der Waals surface area contributed by atoms with Crippen LogP contribution in [0.2, 0.25) is 0 Å². The molecule has 0 amide bonds. The number of aliphatic carboxylic acids is 1. The minimum Gasteiger partial charge on any atom is -0.494 e. The number of hydrogen-bond donors (Lipinski definition) is 1. The van der Waals surface area contributed by atoms with Gasteiger partial charge in [-0.2, -0.15) is 0 Å². The highest BCUT2D eigenvalue weighted by atomic mass is 16.5. The maximum atomic E-state index is 12.7. The molecule has 0 aliphatic heterocycles. The Bertz CT molecular complexity index is 1320. The zero-order valence-corrected chi connectivity index (χ0v) is 20.6. The Morgan fingerprint density at radius 1 is 0.838 bits per heavy atom. The topological polar surface area (TPSA) is 99.1 Å². The molecule has 0 aromatic heterocycles. The van der Waals surface area contributed by atoms with Gasteiger partial charge in [-0.3, -0.25) is 4.79 Å². The molecule has 7 nitrogen and oxygen atoms in total. The largest absolute Gasteiger partial charge is 0.494 e. The highest BCUT2D eigenvalue weighted by molar-refractivity contribution is 5.91. The van der Waals surface area contributed by atoms with Crippen molar-refractivity contribution in [1.29, 1.82) is 0 Å². The van der Waals surface area contributed by atoms with E-state index >= 15 is 0 Å². The van der Waals surface area contributed by atoms with E-state index in [1.807, 2.05) is 24.3 Å². The fourth-order valence-corrected chi connectivity index (χ4v) is 4.34. The van der Waals surface area contributed by atoms with E-state index in [-0.39, 0.29) is 12.3 Å². The number of rotatable bonds is 11. The number of ether oxygens (including phenoxy) is 3. The van der Waals surface area contributed by atoms with Crippen molar-refractivity contribution in [3.63, 3.8) is 0 Å². The van der Waals surface area contributed by atoms with Crippen molar-refractivity contribution in [3.8, 4) is 28.4 Å². The molecule has 1 aliphatic carbocycles. The molecule has 0 spiro atoms. The third-order valence-corrected chi connectivity index (χ3v) is 6.26. The van der Waals surface area contributed by atoms with Gasteiger partial charge in [-0.05, 0) is 90.0 Å². The second kappa shape index (κ2) is 11.6. The molecule has 3 aromatic rings. The lowest BCUT2D eigenvalue weighted by atomic mass is 9.99. The quantitative estimate of drug-likeness (QED) is 0.146. The second-order valence-electron chi connectivity index (χ2n) is 8.81. The molecule has 7 heteroatoms. The molecule has 0 saturated carbocycles. The maximum absolute atomic E-state index is 12.7. The Hall–Kier alpha value is -4.39. The molecule has 0 bridgehead atoms. The van der Waals surface area contributed by atoms with Crippen LogP contribution < -0.4 is 14.2 Å². The number of unbranched alkanes of at least 4 members (excludes halogenated alkanes) is 2. The first kappa shape index (κ1) is 25.7. The summed E-state index contributed by atoms with van der Waals surface area (Å²) in [5, 5.41) is 8.66. The van der Waals surface area contributed by atoms with Crippen molar-refractivity contribution in [3.05, 3.63) is 90.0 Å². The number of carbonyl (C=O) groups excluding carboxylic acids is 2. The summed E-state index contributed by atoms with van der Waals surface area (Å²) in [6.07, 6.45) is 3.47. The average molecular weight is 501 g/mol. The van der Waals surface area contributed by atoms with Gasteiger partial charge >= 0.3 is 17.9 Å². The lowest BCUT2D eigenvalue weighted by Gasteiger charge is -2.10. The number of hydrogen-bond acceptors (Lipinski definition) is 6. The van der Waals surface area contributed by atoms with Gasteiger partial charge in [0, 0.05) is 18.4 Å². The lowest BCUT2D eigenvalue weighted by molar-refractivity contribution is -0.137. The molecule has 0 radical (unpaired) electrons. The van der Waals surface area contributed by atoms with E-state index in [9.17, 15) is 14.4 Å². The van der Waals surface area contributed by atoms with Crippen molar-refractivity contribution >= 4 is 17.9 Å². The second-order valence-corrected chi connectivity index (χ2v) is 8.81. The number of carbonyl (C=O) groups is 3. The Kier molecular flexibility index (Phi) is 8.03. The molecule has 0 fully saturated rings. The molecule has 37 heavy (non-hydrogen) atoms. The van der Waals surface area contributed by atoms with Gasteiger partial charge in [0.15, 0.2) is 0 Å². The standard InChI is InChI=1S/C30H28O7/c1-3-29(33)36-22-12-14-24-25-15-13-23(18-27(25)19(2)26(24)17-22)37-30(34)20-8-10-21(11-9-20)35-16-6-4-5-7-28(31)32/h3,8-15,17-19H,1,4-7,16H2,2H3,(H,31,32). The summed E-state index contributed by atoms with van der Waals surface area (Å²) in [7, 11) is 0. The van der Waals surface area contributed by atoms with Crippen LogP contribution in [0.25, 0.3) is 11.1 Å². The van der Waals surface area contributed by atoms with Gasteiger partial charge in [-0.25, -0.2) is 9.59 Å². The van der Waals surface area contributed by atoms with Gasteiger partial charge in [0.25, 0.3) is 0 Å². The Morgan fingerprint density at radius 2 is 1.43 bits per heavy atom. The number of carboxylic acids is 1. The normalized spacial score (nSPS) is 13.3. The third kappa shape index (κ3) is 6.25. The smallest absolute Gasteiger partial charge is 0.343 e. The van der Waals surface area contributed by atoms with Gasteiger partial charge in [-0.1, -0.05) is 25.6 Å². The zero-order valence-electron chi connectivity index (χ0n) is 20.6. The van der Waals surface area contributed by atoms with Gasteiger partial charge in [0.2, 0.25) is 0 Å². The minimum atomic E-state index is -0.787. The van der Waals surface area contributed by atoms with E-state index in [0.717, 1.165) is 41.2 Å². The number of benzene rings is 3. The predicted molar refractivity (Wildman–Crippen MR) is 138 cm³/mol. The van der Waals surface area contributed by atoms with Crippen LogP contribution in [0.4, 0.5) is 0 Å². The van der Waals surface area contributed by atoms with Crippen LogP contribution in [-0.2, 0) is 9.59 Å². The summed E-state index contributed by atoms with van der Waals surface area (Å²) in [5.41, 5.74) is 4.56. The van der Waals surface area contributed by atoms with Gasteiger partial charge in [-0.15, -0.1) is 0 Å². The molecule has 1 unspecified atom stereocenters. The average Bonchev–Trinajstić information content (AvgIpc) is 3.17. The molecule has 0 saturated heterocycles. The Balaban J connectivity index is 1.35. The third-order valence-electron chi connectivity index (χ3n) is 6.26. The van der Waals surface area contributed by atoms with Crippen molar-refractivity contribution in [2.45, 2.75) is 38.5 Å². The summed E-state index contributed by atoms with van der Waals surface area (Å²) >= 11 is 0. The predicted octanol–water partition coefficient (Wildman–Crippen LogP) is 6.15. The molecular formula is C30H28O7. The summed E-state index contributed by atoms with van der Waals surface area (Å²) < 4.78 is 16.6. The Morgan fingerprint density at radius 3 is 2.03 bits per heavy atom. The molecule has 1 atom stereocenters. The molecule has 0 heterocycles. The summed E-state index contributed by atoms with van der Waals surface area (Å²) in [4.78, 5) is 34.8. The van der Waals surface area contributed by atoms with Gasteiger partial charge < -0.3 is 19.3 Å². The molecular weight excluding hydrogens is 472 g/mol. The van der Waals surface area contributed by atoms with Gasteiger partial charge in [0.1, 0.15) is 17.2 Å². The monoisotopic (exact) mass is 500 g/mol. The Labute approximate surface area is 215 Å². The SMILES string of the molecule is C=CC(=O)Oc1ccc2c(c1)C(C)c1cc(OC(=O)c3ccc(OCCCCCC(=O)O)cc3)ccc1-2. The zero-order chi connectivity index (χ0) is 26.4.